The summed E-state index contributed by atoms with van der Waals surface area (Å²) in [5.41, 5.74) is 4.09. The summed E-state index contributed by atoms with van der Waals surface area (Å²) in [5, 5.41) is 4.37. The highest BCUT2D eigenvalue weighted by Crippen LogP contribution is 2.33. The summed E-state index contributed by atoms with van der Waals surface area (Å²) in [5.74, 6) is 0.0998. The number of rotatable bonds is 9. The van der Waals surface area contributed by atoms with Gasteiger partial charge >= 0.3 is 0 Å². The number of hydrazone groups is 1. The van der Waals surface area contributed by atoms with Gasteiger partial charge in [-0.1, -0.05) is 47.5 Å². The van der Waals surface area contributed by atoms with Crippen LogP contribution in [-0.4, -0.2) is 41.3 Å². The Kier molecular flexibility index (Phi) is 8.14. The van der Waals surface area contributed by atoms with Crippen LogP contribution in [0.1, 0.15) is 11.1 Å². The summed E-state index contributed by atoms with van der Waals surface area (Å²) in [6.07, 6.45) is 1.38. The van der Waals surface area contributed by atoms with Crippen LogP contribution >= 0.6 is 11.6 Å². The van der Waals surface area contributed by atoms with Gasteiger partial charge in [0.2, 0.25) is 0 Å². The largest absolute Gasteiger partial charge is 0.493 e. The van der Waals surface area contributed by atoms with Crippen molar-refractivity contribution in [2.24, 2.45) is 5.10 Å². The molecule has 3 rings (SSSR count). The minimum Gasteiger partial charge on any atom is -0.493 e. The van der Waals surface area contributed by atoms with Crippen LogP contribution in [0.3, 0.4) is 0 Å². The topological polar surface area (TPSA) is 97.3 Å². The molecule has 0 radical (unpaired) electrons. The molecule has 178 valence electrons. The number of sulfonamides is 1. The number of carbonyl (C=O) groups is 1. The van der Waals surface area contributed by atoms with E-state index in [0.717, 1.165) is 9.87 Å². The highest BCUT2D eigenvalue weighted by Gasteiger charge is 2.28. The molecule has 0 bridgehead atoms. The van der Waals surface area contributed by atoms with Crippen LogP contribution in [0.15, 0.2) is 76.7 Å². The highest BCUT2D eigenvalue weighted by molar-refractivity contribution is 7.92. The number of carbonyl (C=O) groups excluding carboxylic acids is 1. The molecular formula is C24H24ClN3O5S. The molecule has 3 aromatic rings. The van der Waals surface area contributed by atoms with Crippen LogP contribution in [0.4, 0.5) is 5.69 Å². The molecule has 3 aromatic carbocycles. The van der Waals surface area contributed by atoms with Crippen LogP contribution in [0, 0.1) is 6.92 Å². The van der Waals surface area contributed by atoms with E-state index in [1.165, 1.54) is 44.7 Å². The summed E-state index contributed by atoms with van der Waals surface area (Å²) < 4.78 is 38.5. The first-order chi connectivity index (χ1) is 16.3. The molecule has 0 aromatic heterocycles. The van der Waals surface area contributed by atoms with E-state index in [4.69, 9.17) is 21.1 Å². The SMILES string of the molecule is COc1ccc(N(CC(=O)N/N=C\c2ccccc2Cl)S(=O)(=O)c2ccc(C)cc2)cc1OC. The smallest absolute Gasteiger partial charge is 0.264 e. The highest BCUT2D eigenvalue weighted by atomic mass is 35.5. The van der Waals surface area contributed by atoms with E-state index in [1.54, 1.807) is 42.5 Å². The zero-order valence-corrected chi connectivity index (χ0v) is 20.4. The van der Waals surface area contributed by atoms with Crippen molar-refractivity contribution < 1.29 is 22.7 Å². The maximum atomic E-state index is 13.5. The van der Waals surface area contributed by atoms with Gasteiger partial charge in [0.15, 0.2) is 11.5 Å². The van der Waals surface area contributed by atoms with Gasteiger partial charge in [-0.05, 0) is 37.3 Å². The quantitative estimate of drug-likeness (QED) is 0.353. The van der Waals surface area contributed by atoms with Crippen molar-refractivity contribution in [3.63, 3.8) is 0 Å². The first-order valence-electron chi connectivity index (χ1n) is 10.1. The van der Waals surface area contributed by atoms with Crippen molar-refractivity contribution in [2.75, 3.05) is 25.1 Å². The van der Waals surface area contributed by atoms with Crippen molar-refractivity contribution in [1.82, 2.24) is 5.43 Å². The van der Waals surface area contributed by atoms with Crippen molar-refractivity contribution in [3.8, 4) is 11.5 Å². The second kappa shape index (κ2) is 11.0. The number of ether oxygens (including phenoxy) is 2. The number of nitrogens with zero attached hydrogens (tertiary/aromatic N) is 2. The minimum absolute atomic E-state index is 0.0419. The van der Waals surface area contributed by atoms with E-state index >= 15 is 0 Å². The lowest BCUT2D eigenvalue weighted by molar-refractivity contribution is -0.119. The third kappa shape index (κ3) is 5.86. The Morgan fingerprint density at radius 3 is 2.35 bits per heavy atom. The van der Waals surface area contributed by atoms with E-state index in [-0.39, 0.29) is 10.6 Å². The van der Waals surface area contributed by atoms with Gasteiger partial charge in [0.05, 0.1) is 31.0 Å². The first-order valence-corrected chi connectivity index (χ1v) is 12.0. The number of aryl methyl sites for hydroxylation is 1. The fourth-order valence-corrected chi connectivity index (χ4v) is 4.65. The Bertz CT molecular complexity index is 1290. The van der Waals surface area contributed by atoms with Gasteiger partial charge in [-0.3, -0.25) is 9.10 Å². The maximum absolute atomic E-state index is 13.5. The number of benzene rings is 3. The molecular weight excluding hydrogens is 478 g/mol. The lowest BCUT2D eigenvalue weighted by Crippen LogP contribution is -2.39. The van der Waals surface area contributed by atoms with Gasteiger partial charge in [-0.25, -0.2) is 13.8 Å². The molecule has 0 spiro atoms. The predicted octanol–water partition coefficient (Wildman–Crippen LogP) is 4.01. The van der Waals surface area contributed by atoms with Crippen molar-refractivity contribution in [2.45, 2.75) is 11.8 Å². The molecule has 0 heterocycles. The van der Waals surface area contributed by atoms with Gasteiger partial charge < -0.3 is 9.47 Å². The lowest BCUT2D eigenvalue weighted by atomic mass is 10.2. The zero-order valence-electron chi connectivity index (χ0n) is 18.9. The van der Waals surface area contributed by atoms with Crippen molar-refractivity contribution in [1.29, 1.82) is 0 Å². The Labute approximate surface area is 203 Å². The molecule has 1 amide bonds. The van der Waals surface area contributed by atoms with E-state index in [9.17, 15) is 13.2 Å². The molecule has 10 heteroatoms. The van der Waals surface area contributed by atoms with Crippen LogP contribution in [-0.2, 0) is 14.8 Å². The minimum atomic E-state index is -4.09. The maximum Gasteiger partial charge on any atom is 0.264 e. The fraction of sp³-hybridized carbons (Fsp3) is 0.167. The summed E-state index contributed by atoms with van der Waals surface area (Å²) in [4.78, 5) is 12.7. The summed E-state index contributed by atoms with van der Waals surface area (Å²) in [7, 11) is -1.18. The summed E-state index contributed by atoms with van der Waals surface area (Å²) >= 11 is 6.08. The van der Waals surface area contributed by atoms with Crippen molar-refractivity contribution >= 4 is 39.4 Å². The second-order valence-electron chi connectivity index (χ2n) is 7.18. The number of nitrogens with one attached hydrogen (secondary N) is 1. The average Bonchev–Trinajstić information content (AvgIpc) is 2.83. The number of methoxy groups -OCH3 is 2. The van der Waals surface area contributed by atoms with E-state index in [0.29, 0.717) is 22.1 Å². The van der Waals surface area contributed by atoms with E-state index in [1.807, 2.05) is 6.92 Å². The molecule has 8 nitrogen and oxygen atoms in total. The van der Waals surface area contributed by atoms with Crippen LogP contribution < -0.4 is 19.2 Å². The summed E-state index contributed by atoms with van der Waals surface area (Å²) in [6.45, 7) is 1.33. The van der Waals surface area contributed by atoms with Gasteiger partial charge in [0.25, 0.3) is 15.9 Å². The van der Waals surface area contributed by atoms with Crippen molar-refractivity contribution in [3.05, 3.63) is 82.9 Å². The van der Waals surface area contributed by atoms with Gasteiger partial charge in [-0.2, -0.15) is 5.10 Å². The van der Waals surface area contributed by atoms with E-state index in [2.05, 4.69) is 10.5 Å². The number of hydrogen-bond donors (Lipinski definition) is 1. The van der Waals surface area contributed by atoms with Gasteiger partial charge in [0, 0.05) is 16.7 Å². The molecule has 34 heavy (non-hydrogen) atoms. The molecule has 0 aliphatic carbocycles. The lowest BCUT2D eigenvalue weighted by Gasteiger charge is -2.24. The second-order valence-corrected chi connectivity index (χ2v) is 9.45. The Balaban J connectivity index is 1.92. The van der Waals surface area contributed by atoms with Gasteiger partial charge in [-0.15, -0.1) is 0 Å². The molecule has 0 saturated heterocycles. The first kappa shape index (κ1) is 25.1. The third-order valence-electron chi connectivity index (χ3n) is 4.85. The van der Waals surface area contributed by atoms with Crippen LogP contribution in [0.2, 0.25) is 5.02 Å². The monoisotopic (exact) mass is 501 g/mol. The number of amides is 1. The predicted molar refractivity (Wildman–Crippen MR) is 132 cm³/mol. The fourth-order valence-electron chi connectivity index (χ4n) is 3.05. The number of halogens is 1. The van der Waals surface area contributed by atoms with Crippen LogP contribution in [0.5, 0.6) is 11.5 Å². The molecule has 0 saturated carbocycles. The molecule has 0 aliphatic heterocycles. The molecule has 0 atom stereocenters. The number of hydrogen-bond acceptors (Lipinski definition) is 6. The normalized spacial score (nSPS) is 11.3. The molecule has 0 aliphatic rings. The van der Waals surface area contributed by atoms with E-state index < -0.39 is 22.5 Å². The molecule has 0 unspecified atom stereocenters. The Morgan fingerprint density at radius 2 is 1.71 bits per heavy atom. The number of anilines is 1. The Hall–Kier alpha value is -3.56. The standard InChI is InChI=1S/C24H24ClN3O5S/c1-17-8-11-20(12-9-17)34(30,31)28(19-10-13-22(32-2)23(14-19)33-3)16-24(29)27-26-15-18-6-4-5-7-21(18)25/h4-15H,16H2,1-3H3,(H,27,29)/b26-15-. The van der Waals surface area contributed by atoms with Gasteiger partial charge in [0.1, 0.15) is 6.54 Å². The third-order valence-corrected chi connectivity index (χ3v) is 6.98. The zero-order chi connectivity index (χ0) is 24.7. The summed E-state index contributed by atoms with van der Waals surface area (Å²) in [6, 6.07) is 17.9. The van der Waals surface area contributed by atoms with Crippen LogP contribution in [0.25, 0.3) is 0 Å². The molecule has 1 N–H and O–H groups in total. The molecule has 0 fully saturated rings. The average molecular weight is 502 g/mol. The Morgan fingerprint density at radius 1 is 1.03 bits per heavy atom.